The number of amides is 1. The molecule has 3 heterocycles. The second-order valence-corrected chi connectivity index (χ2v) is 7.45. The third-order valence-corrected chi connectivity index (χ3v) is 5.42. The van der Waals surface area contributed by atoms with E-state index in [0.29, 0.717) is 31.7 Å². The highest BCUT2D eigenvalue weighted by molar-refractivity contribution is 5.73. The van der Waals surface area contributed by atoms with Crippen molar-refractivity contribution >= 4 is 11.7 Å². The summed E-state index contributed by atoms with van der Waals surface area (Å²) in [6.07, 6.45) is 4.96. The molecular weight excluding hydrogens is 334 g/mol. The third kappa shape index (κ3) is 4.82. The van der Waals surface area contributed by atoms with Crippen LogP contribution < -0.4 is 10.9 Å². The number of nitrogens with one attached hydrogen (secondary N) is 1. The highest BCUT2D eigenvalue weighted by Gasteiger charge is 2.33. The summed E-state index contributed by atoms with van der Waals surface area (Å²) in [5, 5.41) is 13.9. The number of piperidine rings is 1. The van der Waals surface area contributed by atoms with Gasteiger partial charge in [-0.25, -0.2) is 4.98 Å². The Morgan fingerprint density at radius 1 is 1.27 bits per heavy atom. The second-order valence-electron chi connectivity index (χ2n) is 7.45. The van der Waals surface area contributed by atoms with Crippen LogP contribution in [0.1, 0.15) is 32.6 Å². The molecule has 3 rings (SSSR count). The topological polar surface area (TPSA) is 90.7 Å². The third-order valence-electron chi connectivity index (χ3n) is 5.42. The van der Waals surface area contributed by atoms with Gasteiger partial charge in [0.05, 0.1) is 18.5 Å². The standard InChI is InChI=1S/C18H29N5O3/c1-15(24)22-9-4-18(26,5-10-22)13-23-14-20-16(12-17(23)25)19-6-11-21-7-2-3-8-21/h12,14,19,26H,2-11,13H2,1H3. The number of likely N-dealkylation sites (tertiary alicyclic amines) is 2. The molecule has 2 fully saturated rings. The molecule has 8 nitrogen and oxygen atoms in total. The Kier molecular flexibility index (Phi) is 5.93. The van der Waals surface area contributed by atoms with Gasteiger partial charge in [-0.15, -0.1) is 0 Å². The number of anilines is 1. The second kappa shape index (κ2) is 8.18. The molecule has 2 aliphatic rings. The van der Waals surface area contributed by atoms with Crippen LogP contribution in [0.3, 0.4) is 0 Å². The highest BCUT2D eigenvalue weighted by atomic mass is 16.3. The zero-order chi connectivity index (χ0) is 18.6. The quantitative estimate of drug-likeness (QED) is 0.746. The molecule has 0 bridgehead atoms. The first-order chi connectivity index (χ1) is 12.5. The van der Waals surface area contributed by atoms with Gasteiger partial charge < -0.3 is 20.2 Å². The number of aliphatic hydroxyl groups is 1. The maximum Gasteiger partial charge on any atom is 0.255 e. The Labute approximate surface area is 153 Å². The SMILES string of the molecule is CC(=O)N1CCC(O)(Cn2cnc(NCCN3CCCC3)cc2=O)CC1. The molecule has 0 radical (unpaired) electrons. The minimum Gasteiger partial charge on any atom is -0.388 e. The van der Waals surface area contributed by atoms with Gasteiger partial charge in [0.15, 0.2) is 0 Å². The summed E-state index contributed by atoms with van der Waals surface area (Å²) in [5.74, 6) is 0.596. The lowest BCUT2D eigenvalue weighted by Crippen LogP contribution is -2.49. The molecule has 1 aromatic rings. The molecule has 2 saturated heterocycles. The van der Waals surface area contributed by atoms with Crippen molar-refractivity contribution in [3.05, 3.63) is 22.7 Å². The fraction of sp³-hybridized carbons (Fsp3) is 0.722. The first-order valence-corrected chi connectivity index (χ1v) is 9.46. The van der Waals surface area contributed by atoms with Crippen LogP contribution in [0.4, 0.5) is 5.82 Å². The average Bonchev–Trinajstić information content (AvgIpc) is 3.11. The number of rotatable bonds is 6. The smallest absolute Gasteiger partial charge is 0.255 e. The molecule has 0 aromatic carbocycles. The summed E-state index contributed by atoms with van der Waals surface area (Å²) in [6.45, 7) is 6.80. The van der Waals surface area contributed by atoms with Gasteiger partial charge in [0.1, 0.15) is 5.82 Å². The Morgan fingerprint density at radius 2 is 1.96 bits per heavy atom. The molecule has 0 unspecified atom stereocenters. The predicted molar refractivity (Wildman–Crippen MR) is 99.1 cm³/mol. The maximum atomic E-state index is 12.3. The van der Waals surface area contributed by atoms with Crippen LogP contribution in [0.2, 0.25) is 0 Å². The number of hydrogen-bond acceptors (Lipinski definition) is 6. The van der Waals surface area contributed by atoms with Crippen LogP contribution >= 0.6 is 0 Å². The van der Waals surface area contributed by atoms with E-state index in [1.165, 1.54) is 36.7 Å². The Hall–Kier alpha value is -1.93. The minimum atomic E-state index is -0.970. The van der Waals surface area contributed by atoms with Crippen molar-refractivity contribution < 1.29 is 9.90 Å². The monoisotopic (exact) mass is 363 g/mol. The van der Waals surface area contributed by atoms with E-state index in [2.05, 4.69) is 15.2 Å². The molecule has 0 atom stereocenters. The summed E-state index contributed by atoms with van der Waals surface area (Å²) in [7, 11) is 0. The fourth-order valence-corrected chi connectivity index (χ4v) is 3.70. The van der Waals surface area contributed by atoms with Gasteiger partial charge in [-0.05, 0) is 38.8 Å². The lowest BCUT2D eigenvalue weighted by molar-refractivity contribution is -0.133. The lowest BCUT2D eigenvalue weighted by Gasteiger charge is -2.38. The average molecular weight is 363 g/mol. The highest BCUT2D eigenvalue weighted by Crippen LogP contribution is 2.23. The number of aromatic nitrogens is 2. The summed E-state index contributed by atoms with van der Waals surface area (Å²) >= 11 is 0. The molecule has 144 valence electrons. The van der Waals surface area contributed by atoms with E-state index in [1.54, 1.807) is 4.90 Å². The number of hydrogen-bond donors (Lipinski definition) is 2. The summed E-state index contributed by atoms with van der Waals surface area (Å²) in [4.78, 5) is 32.2. The minimum absolute atomic E-state index is 0.0234. The fourth-order valence-electron chi connectivity index (χ4n) is 3.70. The largest absolute Gasteiger partial charge is 0.388 e. The van der Waals surface area contributed by atoms with E-state index in [9.17, 15) is 14.7 Å². The molecule has 0 spiro atoms. The van der Waals surface area contributed by atoms with Gasteiger partial charge in [-0.3, -0.25) is 14.2 Å². The number of nitrogens with zero attached hydrogens (tertiary/aromatic N) is 4. The van der Waals surface area contributed by atoms with Crippen molar-refractivity contribution in [1.82, 2.24) is 19.4 Å². The summed E-state index contributed by atoms with van der Waals surface area (Å²) < 4.78 is 1.45. The molecule has 0 saturated carbocycles. The molecule has 2 N–H and O–H groups in total. The number of carbonyl (C=O) groups excluding carboxylic acids is 1. The predicted octanol–water partition coefficient (Wildman–Crippen LogP) is 0.124. The summed E-state index contributed by atoms with van der Waals surface area (Å²) in [6, 6.07) is 1.48. The van der Waals surface area contributed by atoms with Crippen LogP contribution in [-0.2, 0) is 11.3 Å². The lowest BCUT2D eigenvalue weighted by atomic mass is 9.91. The molecule has 0 aliphatic carbocycles. The van der Waals surface area contributed by atoms with Crippen molar-refractivity contribution in [2.24, 2.45) is 0 Å². The molecule has 2 aliphatic heterocycles. The van der Waals surface area contributed by atoms with Crippen LogP contribution in [0.25, 0.3) is 0 Å². The molecular formula is C18H29N5O3. The molecule has 1 amide bonds. The van der Waals surface area contributed by atoms with Crippen LogP contribution in [0.15, 0.2) is 17.2 Å². The van der Waals surface area contributed by atoms with E-state index in [4.69, 9.17) is 0 Å². The maximum absolute atomic E-state index is 12.3. The van der Waals surface area contributed by atoms with E-state index in [-0.39, 0.29) is 18.0 Å². The van der Waals surface area contributed by atoms with E-state index in [0.717, 1.165) is 26.2 Å². The van der Waals surface area contributed by atoms with Gasteiger partial charge >= 0.3 is 0 Å². The van der Waals surface area contributed by atoms with Crippen molar-refractivity contribution in [1.29, 1.82) is 0 Å². The van der Waals surface area contributed by atoms with Crippen molar-refractivity contribution in [3.63, 3.8) is 0 Å². The Balaban J connectivity index is 1.52. The van der Waals surface area contributed by atoms with Gasteiger partial charge in [0, 0.05) is 39.2 Å². The summed E-state index contributed by atoms with van der Waals surface area (Å²) in [5.41, 5.74) is -1.14. The number of carbonyl (C=O) groups is 1. The van der Waals surface area contributed by atoms with Gasteiger partial charge in [-0.2, -0.15) is 0 Å². The zero-order valence-electron chi connectivity index (χ0n) is 15.5. The van der Waals surface area contributed by atoms with Crippen molar-refractivity contribution in [2.75, 3.05) is 44.6 Å². The Morgan fingerprint density at radius 3 is 2.58 bits per heavy atom. The molecule has 1 aromatic heterocycles. The first kappa shape index (κ1) is 18.8. The van der Waals surface area contributed by atoms with Crippen LogP contribution in [-0.4, -0.2) is 75.2 Å². The first-order valence-electron chi connectivity index (χ1n) is 9.46. The van der Waals surface area contributed by atoms with E-state index < -0.39 is 5.60 Å². The van der Waals surface area contributed by atoms with E-state index >= 15 is 0 Å². The molecule has 8 heteroatoms. The van der Waals surface area contributed by atoms with Gasteiger partial charge in [-0.1, -0.05) is 0 Å². The van der Waals surface area contributed by atoms with Crippen LogP contribution in [0.5, 0.6) is 0 Å². The van der Waals surface area contributed by atoms with Crippen LogP contribution in [0, 0.1) is 0 Å². The van der Waals surface area contributed by atoms with Crippen molar-refractivity contribution in [3.8, 4) is 0 Å². The van der Waals surface area contributed by atoms with Gasteiger partial charge in [0.2, 0.25) is 5.91 Å². The van der Waals surface area contributed by atoms with Gasteiger partial charge in [0.25, 0.3) is 5.56 Å². The molecule has 26 heavy (non-hydrogen) atoms. The Bertz CT molecular complexity index is 676. The zero-order valence-corrected chi connectivity index (χ0v) is 15.5. The normalized spacial score (nSPS) is 20.3. The van der Waals surface area contributed by atoms with E-state index in [1.807, 2.05) is 0 Å². The van der Waals surface area contributed by atoms with Crippen molar-refractivity contribution in [2.45, 2.75) is 44.8 Å².